The Morgan fingerprint density at radius 1 is 1.50 bits per heavy atom. The maximum atomic E-state index is 12.9. The van der Waals surface area contributed by atoms with E-state index >= 15 is 0 Å². The Kier molecular flexibility index (Phi) is 6.48. The molecular weight excluding hydrogens is 216 g/mol. The van der Waals surface area contributed by atoms with Crippen molar-refractivity contribution in [2.75, 3.05) is 20.2 Å². The first-order valence-corrected chi connectivity index (χ1v) is 5.71. The minimum Gasteiger partial charge on any atom is -0.465 e. The summed E-state index contributed by atoms with van der Waals surface area (Å²) in [6.45, 7) is 5.80. The summed E-state index contributed by atoms with van der Waals surface area (Å²) in [5.74, 6) is -3.29. The molecule has 1 saturated heterocycles. The van der Waals surface area contributed by atoms with Crippen LogP contribution in [0.2, 0.25) is 0 Å². The summed E-state index contributed by atoms with van der Waals surface area (Å²) < 4.78 is 30.6. The van der Waals surface area contributed by atoms with E-state index in [9.17, 15) is 13.6 Å². The Labute approximate surface area is 95.8 Å². The zero-order chi connectivity index (χ0) is 12.8. The van der Waals surface area contributed by atoms with Crippen LogP contribution >= 0.6 is 0 Å². The fourth-order valence-corrected chi connectivity index (χ4v) is 1.54. The number of likely N-dealkylation sites (N-methyl/N-ethyl adjacent to an activating group) is 1. The quantitative estimate of drug-likeness (QED) is 0.705. The molecule has 0 aliphatic carbocycles. The van der Waals surface area contributed by atoms with E-state index in [0.29, 0.717) is 13.0 Å². The molecule has 1 unspecified atom stereocenters. The number of carbonyl (C=O) groups excluding carboxylic acids is 1. The molecule has 1 fully saturated rings. The highest BCUT2D eigenvalue weighted by Crippen LogP contribution is 2.31. The summed E-state index contributed by atoms with van der Waals surface area (Å²) in [5, 5.41) is 0. The lowest BCUT2D eigenvalue weighted by Gasteiger charge is -2.16. The average molecular weight is 237 g/mol. The number of ether oxygens (including phenoxy) is 1. The predicted octanol–water partition coefficient (Wildman–Crippen LogP) is 2.31. The van der Waals surface area contributed by atoms with Gasteiger partial charge < -0.3 is 4.74 Å². The molecule has 0 saturated carbocycles. The molecule has 1 aliphatic rings. The Morgan fingerprint density at radius 3 is 2.44 bits per heavy atom. The number of likely N-dealkylation sites (tertiary alicyclic amines) is 1. The number of nitrogens with zero attached hydrogens (tertiary/aromatic N) is 1. The Morgan fingerprint density at radius 2 is 2.06 bits per heavy atom. The van der Waals surface area contributed by atoms with Crippen molar-refractivity contribution in [3.63, 3.8) is 0 Å². The van der Waals surface area contributed by atoms with Crippen molar-refractivity contribution >= 4 is 5.97 Å². The first-order chi connectivity index (χ1) is 7.46. The van der Waals surface area contributed by atoms with Gasteiger partial charge in [0.15, 0.2) is 0 Å². The van der Waals surface area contributed by atoms with E-state index in [0.717, 1.165) is 0 Å². The molecule has 1 aliphatic heterocycles. The highest BCUT2D eigenvalue weighted by atomic mass is 19.3. The van der Waals surface area contributed by atoms with Gasteiger partial charge in [-0.1, -0.05) is 20.8 Å². The van der Waals surface area contributed by atoms with E-state index in [-0.39, 0.29) is 6.54 Å². The number of rotatable bonds is 3. The van der Waals surface area contributed by atoms with Gasteiger partial charge in [0.25, 0.3) is 5.92 Å². The number of carbonyl (C=O) groups is 1. The van der Waals surface area contributed by atoms with Crippen LogP contribution in [0.25, 0.3) is 0 Å². The van der Waals surface area contributed by atoms with Crippen LogP contribution in [0.15, 0.2) is 0 Å². The molecule has 1 heterocycles. The second-order valence-corrected chi connectivity index (χ2v) is 3.66. The molecular formula is C11H21F2NO2. The van der Waals surface area contributed by atoms with E-state index in [1.807, 2.05) is 20.8 Å². The maximum absolute atomic E-state index is 12.9. The largest absolute Gasteiger partial charge is 0.465 e. The van der Waals surface area contributed by atoms with Crippen molar-refractivity contribution in [3.05, 3.63) is 0 Å². The number of hydrogen-bond acceptors (Lipinski definition) is 3. The zero-order valence-electron chi connectivity index (χ0n) is 10.4. The van der Waals surface area contributed by atoms with E-state index in [4.69, 9.17) is 4.74 Å². The van der Waals surface area contributed by atoms with Gasteiger partial charge in [0.2, 0.25) is 0 Å². The van der Waals surface area contributed by atoms with Gasteiger partial charge in [-0.25, -0.2) is 8.78 Å². The third kappa shape index (κ3) is 4.43. The van der Waals surface area contributed by atoms with Crippen LogP contribution in [-0.4, -0.2) is 43.0 Å². The summed E-state index contributed by atoms with van der Waals surface area (Å²) in [7, 11) is 1.51. The van der Waals surface area contributed by atoms with Gasteiger partial charge in [0.05, 0.1) is 13.2 Å². The normalized spacial score (nSPS) is 23.5. The summed E-state index contributed by atoms with van der Waals surface area (Å²) in [4.78, 5) is 12.7. The van der Waals surface area contributed by atoms with Gasteiger partial charge >= 0.3 is 5.97 Å². The Hall–Kier alpha value is -0.710. The molecule has 96 valence electrons. The average Bonchev–Trinajstić information content (AvgIpc) is 2.52. The van der Waals surface area contributed by atoms with Gasteiger partial charge in [-0.05, 0) is 13.5 Å². The van der Waals surface area contributed by atoms with Gasteiger partial charge in [0, 0.05) is 6.42 Å². The van der Waals surface area contributed by atoms with Crippen molar-refractivity contribution in [2.45, 2.75) is 45.6 Å². The second-order valence-electron chi connectivity index (χ2n) is 3.66. The molecule has 1 rings (SSSR count). The smallest absolute Gasteiger partial charge is 0.323 e. The monoisotopic (exact) mass is 237 g/mol. The van der Waals surface area contributed by atoms with Crippen molar-refractivity contribution in [1.82, 2.24) is 4.90 Å². The minimum atomic E-state index is -2.76. The first kappa shape index (κ1) is 15.3. The molecule has 0 amide bonds. The Balaban J connectivity index is 0.00000106. The van der Waals surface area contributed by atoms with Crippen LogP contribution in [0.4, 0.5) is 8.78 Å². The van der Waals surface area contributed by atoms with Gasteiger partial charge in [-0.3, -0.25) is 9.69 Å². The zero-order valence-corrected chi connectivity index (χ0v) is 10.4. The van der Waals surface area contributed by atoms with Crippen molar-refractivity contribution in [1.29, 1.82) is 0 Å². The number of halogens is 2. The summed E-state index contributed by atoms with van der Waals surface area (Å²) >= 11 is 0. The van der Waals surface area contributed by atoms with Crippen LogP contribution in [0.5, 0.6) is 0 Å². The number of alkyl halides is 2. The molecule has 0 N–H and O–H groups in total. The summed E-state index contributed by atoms with van der Waals surface area (Å²) in [6, 6.07) is -0.781. The van der Waals surface area contributed by atoms with Crippen molar-refractivity contribution in [2.24, 2.45) is 0 Å². The van der Waals surface area contributed by atoms with Crippen LogP contribution < -0.4 is 0 Å². The van der Waals surface area contributed by atoms with Crippen molar-refractivity contribution in [3.8, 4) is 0 Å². The number of hydrogen-bond donors (Lipinski definition) is 0. The fourth-order valence-electron chi connectivity index (χ4n) is 1.54. The SMILES string of the molecule is CC.CCCOC(=O)C1CC(F)(F)CN1C. The van der Waals surface area contributed by atoms with E-state index in [2.05, 4.69) is 0 Å². The Bertz CT molecular complexity index is 222. The van der Waals surface area contributed by atoms with Crippen LogP contribution in [0.3, 0.4) is 0 Å². The number of esters is 1. The second kappa shape index (κ2) is 6.78. The van der Waals surface area contributed by atoms with Gasteiger partial charge in [-0.15, -0.1) is 0 Å². The molecule has 16 heavy (non-hydrogen) atoms. The highest BCUT2D eigenvalue weighted by molar-refractivity contribution is 5.76. The fraction of sp³-hybridized carbons (Fsp3) is 0.909. The topological polar surface area (TPSA) is 29.5 Å². The summed E-state index contributed by atoms with van der Waals surface area (Å²) in [6.07, 6.45) is 0.282. The highest BCUT2D eigenvalue weighted by Gasteiger charge is 2.46. The molecule has 0 aromatic carbocycles. The minimum absolute atomic E-state index is 0.300. The molecule has 3 nitrogen and oxygen atoms in total. The standard InChI is InChI=1S/C9H15F2NO2.C2H6/c1-3-4-14-8(13)7-5-9(10,11)6-12(7)2;1-2/h7H,3-6H2,1-2H3;1-2H3. The molecule has 0 bridgehead atoms. The third-order valence-electron chi connectivity index (χ3n) is 2.23. The maximum Gasteiger partial charge on any atom is 0.323 e. The van der Waals surface area contributed by atoms with E-state index < -0.39 is 24.4 Å². The molecule has 0 aromatic rings. The van der Waals surface area contributed by atoms with Crippen LogP contribution in [0, 0.1) is 0 Å². The summed E-state index contributed by atoms with van der Waals surface area (Å²) in [5.41, 5.74) is 0. The molecule has 0 radical (unpaired) electrons. The third-order valence-corrected chi connectivity index (χ3v) is 2.23. The lowest BCUT2D eigenvalue weighted by atomic mass is 10.2. The lowest BCUT2D eigenvalue weighted by molar-refractivity contribution is -0.148. The van der Waals surface area contributed by atoms with E-state index in [1.54, 1.807) is 0 Å². The lowest BCUT2D eigenvalue weighted by Crippen LogP contribution is -2.34. The van der Waals surface area contributed by atoms with Gasteiger partial charge in [0.1, 0.15) is 6.04 Å². The molecule has 5 heteroatoms. The van der Waals surface area contributed by atoms with E-state index in [1.165, 1.54) is 11.9 Å². The van der Waals surface area contributed by atoms with Crippen LogP contribution in [0.1, 0.15) is 33.6 Å². The first-order valence-electron chi connectivity index (χ1n) is 5.71. The molecule has 0 spiro atoms. The molecule has 0 aromatic heterocycles. The predicted molar refractivity (Wildman–Crippen MR) is 58.6 cm³/mol. The molecule has 1 atom stereocenters. The van der Waals surface area contributed by atoms with Gasteiger partial charge in [-0.2, -0.15) is 0 Å². The van der Waals surface area contributed by atoms with Crippen molar-refractivity contribution < 1.29 is 18.3 Å². The van der Waals surface area contributed by atoms with Crippen LogP contribution in [-0.2, 0) is 9.53 Å².